The number of carbonyl (C=O) groups is 1. The summed E-state index contributed by atoms with van der Waals surface area (Å²) >= 11 is 0. The molecular formula is C25H29N3O2. The van der Waals surface area contributed by atoms with Gasteiger partial charge in [0.2, 0.25) is 5.91 Å². The van der Waals surface area contributed by atoms with Crippen molar-refractivity contribution in [3.8, 4) is 5.75 Å². The zero-order chi connectivity index (χ0) is 20.8. The zero-order valence-electron chi connectivity index (χ0n) is 17.6. The Balaban J connectivity index is 1.21. The number of para-hydroxylation sites is 1. The van der Waals surface area contributed by atoms with E-state index < -0.39 is 0 Å². The Labute approximate surface area is 178 Å². The van der Waals surface area contributed by atoms with E-state index in [2.05, 4.69) is 34.1 Å². The van der Waals surface area contributed by atoms with Crippen molar-refractivity contribution in [3.63, 3.8) is 0 Å². The first-order chi connectivity index (χ1) is 14.7. The lowest BCUT2D eigenvalue weighted by Crippen LogP contribution is -2.48. The third kappa shape index (κ3) is 5.16. The van der Waals surface area contributed by atoms with Gasteiger partial charge in [0.25, 0.3) is 0 Å². The van der Waals surface area contributed by atoms with Gasteiger partial charge < -0.3 is 9.64 Å². The van der Waals surface area contributed by atoms with Gasteiger partial charge in [-0.2, -0.15) is 0 Å². The molecule has 156 valence electrons. The molecule has 1 amide bonds. The number of amides is 1. The number of aryl methyl sites for hydroxylation is 1. The molecule has 0 saturated carbocycles. The van der Waals surface area contributed by atoms with Gasteiger partial charge in [-0.1, -0.05) is 36.4 Å². The van der Waals surface area contributed by atoms with Crippen LogP contribution >= 0.6 is 0 Å². The molecule has 30 heavy (non-hydrogen) atoms. The lowest BCUT2D eigenvalue weighted by atomic mass is 10.1. The summed E-state index contributed by atoms with van der Waals surface area (Å²) in [6.07, 6.45) is 3.14. The maximum atomic E-state index is 12.5. The van der Waals surface area contributed by atoms with Gasteiger partial charge in [0.05, 0.1) is 12.1 Å². The lowest BCUT2D eigenvalue weighted by Gasteiger charge is -2.35. The van der Waals surface area contributed by atoms with Gasteiger partial charge in [0, 0.05) is 50.7 Å². The van der Waals surface area contributed by atoms with Crippen molar-refractivity contribution < 1.29 is 9.53 Å². The summed E-state index contributed by atoms with van der Waals surface area (Å²) in [5.41, 5.74) is 3.51. The topological polar surface area (TPSA) is 45.7 Å². The summed E-state index contributed by atoms with van der Waals surface area (Å²) in [6, 6.07) is 18.4. The Kier molecular flexibility index (Phi) is 6.60. The van der Waals surface area contributed by atoms with Crippen LogP contribution in [-0.4, -0.2) is 53.5 Å². The minimum Gasteiger partial charge on any atom is -0.494 e. The van der Waals surface area contributed by atoms with Crippen molar-refractivity contribution in [2.45, 2.75) is 26.3 Å². The minimum atomic E-state index is 0.231. The second-order valence-electron chi connectivity index (χ2n) is 7.92. The number of ether oxygens (including phenoxy) is 1. The number of fused-ring (bicyclic) bond motifs is 1. The molecule has 1 aromatic heterocycles. The third-order valence-corrected chi connectivity index (χ3v) is 5.63. The van der Waals surface area contributed by atoms with Crippen LogP contribution in [0.3, 0.4) is 0 Å². The predicted octanol–water partition coefficient (Wildman–Crippen LogP) is 4.05. The second-order valence-corrected chi connectivity index (χ2v) is 7.92. The highest BCUT2D eigenvalue weighted by Gasteiger charge is 2.21. The highest BCUT2D eigenvalue weighted by Crippen LogP contribution is 2.19. The molecule has 1 fully saturated rings. The van der Waals surface area contributed by atoms with Crippen molar-refractivity contribution in [3.05, 3.63) is 71.9 Å². The predicted molar refractivity (Wildman–Crippen MR) is 120 cm³/mol. The molecule has 3 aromatic rings. The van der Waals surface area contributed by atoms with Gasteiger partial charge >= 0.3 is 0 Å². The average molecular weight is 404 g/mol. The number of carbonyl (C=O) groups excluding carboxylic acids is 1. The molecule has 1 aliphatic heterocycles. The molecule has 4 rings (SSSR count). The monoisotopic (exact) mass is 403 g/mol. The van der Waals surface area contributed by atoms with E-state index in [9.17, 15) is 4.79 Å². The largest absolute Gasteiger partial charge is 0.494 e. The Morgan fingerprint density at radius 3 is 2.67 bits per heavy atom. The van der Waals surface area contributed by atoms with E-state index >= 15 is 0 Å². The first kappa shape index (κ1) is 20.4. The molecule has 0 aliphatic carbocycles. The standard InChI is InChI=1S/C25H29N3O2/c1-20-6-2-10-23(18-20)30-17-5-11-24(29)28-15-13-27(14-16-28)19-22-8-3-7-21-9-4-12-26-25(21)22/h2-4,6-10,12,18H,5,11,13-17,19H2,1H3. The maximum Gasteiger partial charge on any atom is 0.222 e. The zero-order valence-corrected chi connectivity index (χ0v) is 17.6. The number of pyridine rings is 1. The fourth-order valence-electron chi connectivity index (χ4n) is 3.97. The molecule has 5 heteroatoms. The van der Waals surface area contributed by atoms with E-state index in [1.54, 1.807) is 0 Å². The van der Waals surface area contributed by atoms with Gasteiger partial charge in [-0.15, -0.1) is 0 Å². The van der Waals surface area contributed by atoms with E-state index in [4.69, 9.17) is 4.74 Å². The van der Waals surface area contributed by atoms with Crippen molar-refractivity contribution in [2.24, 2.45) is 0 Å². The van der Waals surface area contributed by atoms with Crippen molar-refractivity contribution >= 4 is 16.8 Å². The van der Waals surface area contributed by atoms with E-state index in [-0.39, 0.29) is 5.91 Å². The minimum absolute atomic E-state index is 0.231. The van der Waals surface area contributed by atoms with Crippen LogP contribution in [0.1, 0.15) is 24.0 Å². The first-order valence-corrected chi connectivity index (χ1v) is 10.7. The fourth-order valence-corrected chi connectivity index (χ4v) is 3.97. The number of rotatable bonds is 7. The summed E-state index contributed by atoms with van der Waals surface area (Å²) in [5, 5.41) is 1.18. The highest BCUT2D eigenvalue weighted by molar-refractivity contribution is 5.81. The maximum absolute atomic E-state index is 12.5. The number of hydrogen-bond donors (Lipinski definition) is 0. The quantitative estimate of drug-likeness (QED) is 0.559. The third-order valence-electron chi connectivity index (χ3n) is 5.63. The molecule has 0 spiro atoms. The van der Waals surface area contributed by atoms with Crippen LogP contribution in [0.15, 0.2) is 60.8 Å². The van der Waals surface area contributed by atoms with E-state index in [1.165, 1.54) is 16.5 Å². The number of benzene rings is 2. The van der Waals surface area contributed by atoms with Crippen molar-refractivity contribution in [1.82, 2.24) is 14.8 Å². The van der Waals surface area contributed by atoms with Crippen LogP contribution in [0.4, 0.5) is 0 Å². The molecule has 2 heterocycles. The summed E-state index contributed by atoms with van der Waals surface area (Å²) in [4.78, 5) is 21.5. The normalized spacial score (nSPS) is 14.8. The number of hydrogen-bond acceptors (Lipinski definition) is 4. The number of aromatic nitrogens is 1. The summed E-state index contributed by atoms with van der Waals surface area (Å²) < 4.78 is 5.76. The molecule has 0 atom stereocenters. The molecule has 2 aromatic carbocycles. The smallest absolute Gasteiger partial charge is 0.222 e. The summed E-state index contributed by atoms with van der Waals surface area (Å²) in [7, 11) is 0. The van der Waals surface area contributed by atoms with E-state index in [1.807, 2.05) is 48.4 Å². The fraction of sp³-hybridized carbons (Fsp3) is 0.360. The molecule has 0 unspecified atom stereocenters. The van der Waals surface area contributed by atoms with Crippen molar-refractivity contribution in [1.29, 1.82) is 0 Å². The van der Waals surface area contributed by atoms with E-state index in [0.29, 0.717) is 13.0 Å². The Hall–Kier alpha value is -2.92. The van der Waals surface area contributed by atoms with Crippen LogP contribution < -0.4 is 4.74 Å². The van der Waals surface area contributed by atoms with E-state index in [0.717, 1.165) is 50.4 Å². The Morgan fingerprint density at radius 2 is 1.83 bits per heavy atom. The van der Waals surface area contributed by atoms with Crippen molar-refractivity contribution in [2.75, 3.05) is 32.8 Å². The first-order valence-electron chi connectivity index (χ1n) is 10.7. The molecule has 1 aliphatic rings. The number of piperazine rings is 1. The number of nitrogens with zero attached hydrogens (tertiary/aromatic N) is 3. The molecule has 1 saturated heterocycles. The summed E-state index contributed by atoms with van der Waals surface area (Å²) in [6.45, 7) is 6.87. The van der Waals surface area contributed by atoms with Gasteiger partial charge in [0.15, 0.2) is 0 Å². The highest BCUT2D eigenvalue weighted by atomic mass is 16.5. The molecular weight excluding hydrogens is 374 g/mol. The molecule has 5 nitrogen and oxygen atoms in total. The molecule has 0 radical (unpaired) electrons. The second kappa shape index (κ2) is 9.72. The van der Waals surface area contributed by atoms with Gasteiger partial charge in [0.1, 0.15) is 5.75 Å². The Morgan fingerprint density at radius 1 is 1.03 bits per heavy atom. The van der Waals surface area contributed by atoms with Gasteiger partial charge in [-0.25, -0.2) is 0 Å². The SMILES string of the molecule is Cc1cccc(OCCCC(=O)N2CCN(Cc3cccc4cccnc34)CC2)c1. The van der Waals surface area contributed by atoms with Gasteiger partial charge in [-0.05, 0) is 42.7 Å². The van der Waals surface area contributed by atoms with Crippen LogP contribution in [0, 0.1) is 6.92 Å². The van der Waals surface area contributed by atoms with Crippen LogP contribution in [-0.2, 0) is 11.3 Å². The lowest BCUT2D eigenvalue weighted by molar-refractivity contribution is -0.133. The Bertz CT molecular complexity index is 991. The van der Waals surface area contributed by atoms with Crippen LogP contribution in [0.25, 0.3) is 10.9 Å². The average Bonchev–Trinajstić information content (AvgIpc) is 2.77. The summed E-state index contributed by atoms with van der Waals surface area (Å²) in [5.74, 6) is 1.10. The van der Waals surface area contributed by atoms with Crippen LogP contribution in [0.2, 0.25) is 0 Å². The molecule has 0 N–H and O–H groups in total. The van der Waals surface area contributed by atoms with Gasteiger partial charge in [-0.3, -0.25) is 14.7 Å². The molecule has 0 bridgehead atoms. The van der Waals surface area contributed by atoms with Crippen LogP contribution in [0.5, 0.6) is 5.75 Å².